The smallest absolute Gasteiger partial charge is 0.247 e. The van der Waals surface area contributed by atoms with Crippen molar-refractivity contribution in [1.29, 1.82) is 0 Å². The minimum atomic E-state index is -0.380. The first-order valence-electron chi connectivity index (χ1n) is 6.21. The van der Waals surface area contributed by atoms with Gasteiger partial charge in [0.1, 0.15) is 5.76 Å². The molecule has 0 spiro atoms. The van der Waals surface area contributed by atoms with E-state index in [-0.39, 0.29) is 30.3 Å². The fraction of sp³-hybridized carbons (Fsp3) is 0.538. The first-order chi connectivity index (χ1) is 8.59. The van der Waals surface area contributed by atoms with Crippen molar-refractivity contribution in [3.05, 3.63) is 24.2 Å². The second kappa shape index (κ2) is 5.35. The predicted molar refractivity (Wildman–Crippen MR) is 65.8 cm³/mol. The Balaban J connectivity index is 1.84. The molecule has 0 saturated carbocycles. The van der Waals surface area contributed by atoms with Crippen LogP contribution in [0, 0.1) is 0 Å². The Morgan fingerprint density at radius 3 is 2.83 bits per heavy atom. The fourth-order valence-corrected chi connectivity index (χ4v) is 2.18. The summed E-state index contributed by atoms with van der Waals surface area (Å²) in [5, 5.41) is 3.11. The van der Waals surface area contributed by atoms with Gasteiger partial charge in [0.25, 0.3) is 0 Å². The van der Waals surface area contributed by atoms with Crippen molar-refractivity contribution in [3.8, 4) is 0 Å². The third-order valence-corrected chi connectivity index (χ3v) is 3.04. The Labute approximate surface area is 106 Å². The van der Waals surface area contributed by atoms with Crippen LogP contribution >= 0.6 is 0 Å². The van der Waals surface area contributed by atoms with Crippen LogP contribution in [0.1, 0.15) is 26.0 Å². The van der Waals surface area contributed by atoms with E-state index in [0.29, 0.717) is 13.0 Å². The minimum Gasteiger partial charge on any atom is -0.469 e. The molecule has 2 amide bonds. The van der Waals surface area contributed by atoms with Gasteiger partial charge in [0.2, 0.25) is 11.8 Å². The standard InChI is InChI=1S/C13H18N2O3/c1-9(2)15-12(16)8-11(13(15)17)14-6-5-10-4-3-7-18-10/h3-4,7,9,11,14H,5-6,8H2,1-2H3. The molecule has 5 heteroatoms. The second-order valence-corrected chi connectivity index (χ2v) is 4.74. The van der Waals surface area contributed by atoms with E-state index < -0.39 is 0 Å². The highest BCUT2D eigenvalue weighted by atomic mass is 16.3. The molecule has 1 aromatic heterocycles. The van der Waals surface area contributed by atoms with Crippen molar-refractivity contribution in [1.82, 2.24) is 10.2 Å². The van der Waals surface area contributed by atoms with Gasteiger partial charge in [0.05, 0.1) is 18.7 Å². The molecule has 1 unspecified atom stereocenters. The molecule has 1 N–H and O–H groups in total. The molecule has 1 aliphatic rings. The predicted octanol–water partition coefficient (Wildman–Crippen LogP) is 0.948. The zero-order valence-corrected chi connectivity index (χ0v) is 10.7. The number of carbonyl (C=O) groups excluding carboxylic acids is 2. The molecule has 0 bridgehead atoms. The van der Waals surface area contributed by atoms with Crippen molar-refractivity contribution in [2.75, 3.05) is 6.54 Å². The van der Waals surface area contributed by atoms with Crippen LogP contribution in [-0.4, -0.2) is 35.3 Å². The van der Waals surface area contributed by atoms with Crippen molar-refractivity contribution in [2.45, 2.75) is 38.8 Å². The van der Waals surface area contributed by atoms with Crippen molar-refractivity contribution >= 4 is 11.8 Å². The molecule has 1 aliphatic heterocycles. The molecule has 98 valence electrons. The summed E-state index contributed by atoms with van der Waals surface area (Å²) in [7, 11) is 0. The highest BCUT2D eigenvalue weighted by Crippen LogP contribution is 2.16. The van der Waals surface area contributed by atoms with Gasteiger partial charge in [-0.1, -0.05) is 0 Å². The molecular weight excluding hydrogens is 232 g/mol. The average Bonchev–Trinajstić information content (AvgIpc) is 2.88. The molecule has 5 nitrogen and oxygen atoms in total. The normalized spacial score (nSPS) is 20.2. The highest BCUT2D eigenvalue weighted by Gasteiger charge is 2.39. The number of rotatable bonds is 5. The van der Waals surface area contributed by atoms with Crippen LogP contribution in [-0.2, 0) is 16.0 Å². The maximum atomic E-state index is 12.0. The highest BCUT2D eigenvalue weighted by molar-refractivity contribution is 6.05. The van der Waals surface area contributed by atoms with E-state index in [1.807, 2.05) is 26.0 Å². The van der Waals surface area contributed by atoms with Gasteiger partial charge in [-0.15, -0.1) is 0 Å². The lowest BCUT2D eigenvalue weighted by Crippen LogP contribution is -2.42. The molecular formula is C13H18N2O3. The van der Waals surface area contributed by atoms with Crippen molar-refractivity contribution < 1.29 is 14.0 Å². The van der Waals surface area contributed by atoms with E-state index in [2.05, 4.69) is 5.32 Å². The summed E-state index contributed by atoms with van der Waals surface area (Å²) in [5.41, 5.74) is 0. The number of imide groups is 1. The van der Waals surface area contributed by atoms with E-state index in [4.69, 9.17) is 4.42 Å². The van der Waals surface area contributed by atoms with Crippen LogP contribution < -0.4 is 5.32 Å². The van der Waals surface area contributed by atoms with Crippen LogP contribution in [0.5, 0.6) is 0 Å². The molecule has 2 rings (SSSR count). The lowest BCUT2D eigenvalue weighted by Gasteiger charge is -2.19. The Morgan fingerprint density at radius 1 is 1.50 bits per heavy atom. The largest absolute Gasteiger partial charge is 0.469 e. The molecule has 18 heavy (non-hydrogen) atoms. The van der Waals surface area contributed by atoms with Gasteiger partial charge in [0.15, 0.2) is 0 Å². The second-order valence-electron chi connectivity index (χ2n) is 4.74. The van der Waals surface area contributed by atoms with E-state index in [9.17, 15) is 9.59 Å². The van der Waals surface area contributed by atoms with Crippen LogP contribution in [0.15, 0.2) is 22.8 Å². The number of hydrogen-bond acceptors (Lipinski definition) is 4. The van der Waals surface area contributed by atoms with E-state index in [0.717, 1.165) is 5.76 Å². The number of nitrogens with one attached hydrogen (secondary N) is 1. The molecule has 0 aromatic carbocycles. The lowest BCUT2D eigenvalue weighted by molar-refractivity contribution is -0.140. The Morgan fingerprint density at radius 2 is 2.28 bits per heavy atom. The summed E-state index contributed by atoms with van der Waals surface area (Å²) in [6.45, 7) is 4.32. The number of hydrogen-bond donors (Lipinski definition) is 1. The van der Waals surface area contributed by atoms with Gasteiger partial charge in [-0.2, -0.15) is 0 Å². The summed E-state index contributed by atoms with van der Waals surface area (Å²) >= 11 is 0. The van der Waals surface area contributed by atoms with Gasteiger partial charge >= 0.3 is 0 Å². The van der Waals surface area contributed by atoms with Gasteiger partial charge in [-0.3, -0.25) is 14.5 Å². The van der Waals surface area contributed by atoms with Gasteiger partial charge in [-0.05, 0) is 26.0 Å². The number of likely N-dealkylation sites (tertiary alicyclic amines) is 1. The van der Waals surface area contributed by atoms with Crippen molar-refractivity contribution in [3.63, 3.8) is 0 Å². The molecule has 1 fully saturated rings. The third-order valence-electron chi connectivity index (χ3n) is 3.04. The van der Waals surface area contributed by atoms with Gasteiger partial charge < -0.3 is 9.73 Å². The van der Waals surface area contributed by atoms with Crippen LogP contribution in [0.2, 0.25) is 0 Å². The summed E-state index contributed by atoms with van der Waals surface area (Å²) in [6, 6.07) is 3.28. The van der Waals surface area contributed by atoms with Gasteiger partial charge in [-0.25, -0.2) is 0 Å². The molecule has 0 aliphatic carbocycles. The summed E-state index contributed by atoms with van der Waals surface area (Å²) < 4.78 is 5.20. The SMILES string of the molecule is CC(C)N1C(=O)CC(NCCc2ccco2)C1=O. The minimum absolute atomic E-state index is 0.0677. The van der Waals surface area contributed by atoms with Crippen LogP contribution in [0.4, 0.5) is 0 Å². The Hall–Kier alpha value is -1.62. The van der Waals surface area contributed by atoms with Crippen LogP contribution in [0.3, 0.4) is 0 Å². The van der Waals surface area contributed by atoms with Crippen LogP contribution in [0.25, 0.3) is 0 Å². The van der Waals surface area contributed by atoms with Crippen molar-refractivity contribution in [2.24, 2.45) is 0 Å². The lowest BCUT2D eigenvalue weighted by atomic mass is 10.2. The third kappa shape index (κ3) is 2.61. The Bertz CT molecular complexity index is 425. The number of furan rings is 1. The topological polar surface area (TPSA) is 62.6 Å². The number of nitrogens with zero attached hydrogens (tertiary/aromatic N) is 1. The zero-order valence-electron chi connectivity index (χ0n) is 10.7. The average molecular weight is 250 g/mol. The molecule has 1 aromatic rings. The molecule has 2 heterocycles. The first-order valence-corrected chi connectivity index (χ1v) is 6.21. The monoisotopic (exact) mass is 250 g/mol. The van der Waals surface area contributed by atoms with Gasteiger partial charge in [0, 0.05) is 19.0 Å². The fourth-order valence-electron chi connectivity index (χ4n) is 2.18. The quantitative estimate of drug-likeness (QED) is 0.790. The summed E-state index contributed by atoms with van der Waals surface area (Å²) in [6.07, 6.45) is 2.60. The number of amides is 2. The molecule has 0 radical (unpaired) electrons. The van der Waals surface area contributed by atoms with E-state index >= 15 is 0 Å². The van der Waals surface area contributed by atoms with E-state index in [1.165, 1.54) is 4.90 Å². The molecule has 1 atom stereocenters. The maximum absolute atomic E-state index is 12.0. The maximum Gasteiger partial charge on any atom is 0.247 e. The number of carbonyl (C=O) groups is 2. The first kappa shape index (κ1) is 12.8. The molecule has 1 saturated heterocycles. The van der Waals surface area contributed by atoms with E-state index in [1.54, 1.807) is 6.26 Å². The summed E-state index contributed by atoms with van der Waals surface area (Å²) in [5.74, 6) is 0.667. The summed E-state index contributed by atoms with van der Waals surface area (Å²) in [4.78, 5) is 25.0. The zero-order chi connectivity index (χ0) is 13.1. The Kier molecular flexibility index (Phi) is 3.81.